The number of aliphatic hydroxyl groups is 1. The molecule has 96 valence electrons. The molecular weight excluding hydrogens is 245 g/mol. The average Bonchev–Trinajstić information content (AvgIpc) is 3.08. The molecule has 0 spiro atoms. The van der Waals surface area contributed by atoms with E-state index in [2.05, 4.69) is 5.32 Å². The Morgan fingerprint density at radius 2 is 2.06 bits per heavy atom. The third kappa shape index (κ3) is 2.41. The van der Waals surface area contributed by atoms with Crippen molar-refractivity contribution in [1.82, 2.24) is 0 Å². The molecule has 1 aliphatic carbocycles. The van der Waals surface area contributed by atoms with Gasteiger partial charge in [-0.25, -0.2) is 0 Å². The molecule has 0 atom stereocenters. The Bertz CT molecular complexity index is 501. The van der Waals surface area contributed by atoms with Gasteiger partial charge in [0, 0.05) is 5.69 Å². The van der Waals surface area contributed by atoms with Crippen molar-refractivity contribution in [2.45, 2.75) is 24.6 Å². The van der Waals surface area contributed by atoms with Gasteiger partial charge >= 0.3 is 6.18 Å². The summed E-state index contributed by atoms with van der Waals surface area (Å²) < 4.78 is 38.2. The minimum absolute atomic E-state index is 0.117. The molecule has 0 aliphatic heterocycles. The van der Waals surface area contributed by atoms with Crippen molar-refractivity contribution in [3.8, 4) is 6.07 Å². The summed E-state index contributed by atoms with van der Waals surface area (Å²) in [5.74, 6) is 0. The highest BCUT2D eigenvalue weighted by atomic mass is 19.4. The van der Waals surface area contributed by atoms with E-state index < -0.39 is 22.8 Å². The molecule has 0 aromatic heterocycles. The fourth-order valence-electron chi connectivity index (χ4n) is 1.73. The van der Waals surface area contributed by atoms with E-state index in [1.807, 2.05) is 0 Å². The lowest BCUT2D eigenvalue weighted by Crippen LogP contribution is -2.25. The molecule has 1 aromatic rings. The maximum absolute atomic E-state index is 12.7. The van der Waals surface area contributed by atoms with E-state index >= 15 is 0 Å². The van der Waals surface area contributed by atoms with Crippen molar-refractivity contribution in [3.05, 3.63) is 29.3 Å². The zero-order chi connectivity index (χ0) is 13.4. The Balaban J connectivity index is 2.32. The lowest BCUT2D eigenvalue weighted by Gasteiger charge is -2.17. The van der Waals surface area contributed by atoms with Crippen LogP contribution in [0, 0.1) is 11.3 Å². The standard InChI is InChI=1S/C12H11F3N2O/c13-12(14,15)10-5-9(2-1-8(10)6-16)17-11(7-18)3-4-11/h1-2,5,17-18H,3-4,7H2. The number of nitrogens with zero attached hydrogens (tertiary/aromatic N) is 1. The summed E-state index contributed by atoms with van der Waals surface area (Å²) in [6.07, 6.45) is -3.10. The van der Waals surface area contributed by atoms with Crippen molar-refractivity contribution >= 4 is 5.69 Å². The first kappa shape index (κ1) is 12.7. The molecule has 1 fully saturated rings. The molecule has 0 amide bonds. The van der Waals surface area contributed by atoms with Crippen LogP contribution >= 0.6 is 0 Å². The third-order valence-electron chi connectivity index (χ3n) is 3.01. The largest absolute Gasteiger partial charge is 0.417 e. The van der Waals surface area contributed by atoms with Gasteiger partial charge in [-0.3, -0.25) is 0 Å². The highest BCUT2D eigenvalue weighted by Crippen LogP contribution is 2.40. The Morgan fingerprint density at radius 3 is 2.50 bits per heavy atom. The van der Waals surface area contributed by atoms with Gasteiger partial charge in [0.2, 0.25) is 0 Å². The Labute approximate surface area is 102 Å². The lowest BCUT2D eigenvalue weighted by atomic mass is 10.1. The minimum atomic E-state index is -4.56. The van der Waals surface area contributed by atoms with Gasteiger partial charge in [0.15, 0.2) is 0 Å². The molecule has 0 saturated heterocycles. The average molecular weight is 256 g/mol. The maximum Gasteiger partial charge on any atom is 0.417 e. The molecule has 1 aliphatic rings. The molecule has 0 unspecified atom stereocenters. The van der Waals surface area contributed by atoms with Crippen LogP contribution in [-0.2, 0) is 6.18 Å². The van der Waals surface area contributed by atoms with E-state index in [0.717, 1.165) is 25.0 Å². The molecule has 3 nitrogen and oxygen atoms in total. The zero-order valence-electron chi connectivity index (χ0n) is 9.38. The second-order valence-corrected chi connectivity index (χ2v) is 4.43. The van der Waals surface area contributed by atoms with Gasteiger partial charge in [-0.15, -0.1) is 0 Å². The van der Waals surface area contributed by atoms with Crippen molar-refractivity contribution in [3.63, 3.8) is 0 Å². The molecular formula is C12H11F3N2O. The number of nitriles is 1. The van der Waals surface area contributed by atoms with Crippen LogP contribution in [0.25, 0.3) is 0 Å². The summed E-state index contributed by atoms with van der Waals surface area (Å²) in [7, 11) is 0. The van der Waals surface area contributed by atoms with Crippen molar-refractivity contribution in [1.29, 1.82) is 5.26 Å². The first-order valence-corrected chi connectivity index (χ1v) is 5.41. The summed E-state index contributed by atoms with van der Waals surface area (Å²) in [5, 5.41) is 20.6. The highest BCUT2D eigenvalue weighted by molar-refractivity contribution is 5.55. The van der Waals surface area contributed by atoms with Gasteiger partial charge < -0.3 is 10.4 Å². The van der Waals surface area contributed by atoms with E-state index in [9.17, 15) is 13.2 Å². The van der Waals surface area contributed by atoms with Gasteiger partial charge in [0.05, 0.1) is 29.3 Å². The fourth-order valence-corrected chi connectivity index (χ4v) is 1.73. The van der Waals surface area contributed by atoms with Crippen molar-refractivity contribution in [2.75, 3.05) is 11.9 Å². The summed E-state index contributed by atoms with van der Waals surface area (Å²) in [6.45, 7) is -0.117. The van der Waals surface area contributed by atoms with Crippen LogP contribution in [-0.4, -0.2) is 17.3 Å². The molecule has 1 aromatic carbocycles. The minimum Gasteiger partial charge on any atom is -0.394 e. The van der Waals surface area contributed by atoms with Crippen LogP contribution in [0.5, 0.6) is 0 Å². The van der Waals surface area contributed by atoms with E-state index in [1.54, 1.807) is 0 Å². The van der Waals surface area contributed by atoms with Gasteiger partial charge in [-0.05, 0) is 31.0 Å². The molecule has 2 N–H and O–H groups in total. The lowest BCUT2D eigenvalue weighted by molar-refractivity contribution is -0.137. The molecule has 0 heterocycles. The smallest absolute Gasteiger partial charge is 0.394 e. The van der Waals surface area contributed by atoms with Crippen molar-refractivity contribution in [2.24, 2.45) is 0 Å². The van der Waals surface area contributed by atoms with Crippen molar-refractivity contribution < 1.29 is 18.3 Å². The van der Waals surface area contributed by atoms with Crippen LogP contribution in [0.2, 0.25) is 0 Å². The molecule has 18 heavy (non-hydrogen) atoms. The quantitative estimate of drug-likeness (QED) is 0.873. The number of halogens is 3. The Morgan fingerprint density at radius 1 is 1.39 bits per heavy atom. The van der Waals surface area contributed by atoms with Gasteiger partial charge in [-0.1, -0.05) is 0 Å². The van der Waals surface area contributed by atoms with Crippen LogP contribution in [0.4, 0.5) is 18.9 Å². The first-order chi connectivity index (χ1) is 8.40. The molecule has 1 saturated carbocycles. The molecule has 0 radical (unpaired) electrons. The summed E-state index contributed by atoms with van der Waals surface area (Å²) in [6, 6.07) is 4.99. The van der Waals surface area contributed by atoms with E-state index in [0.29, 0.717) is 0 Å². The Kier molecular flexibility index (Phi) is 2.95. The highest BCUT2D eigenvalue weighted by Gasteiger charge is 2.42. The van der Waals surface area contributed by atoms with Gasteiger partial charge in [-0.2, -0.15) is 18.4 Å². The number of aliphatic hydroxyl groups excluding tert-OH is 1. The number of alkyl halides is 3. The second kappa shape index (κ2) is 4.18. The van der Waals surface area contributed by atoms with Crippen LogP contribution < -0.4 is 5.32 Å². The number of rotatable bonds is 3. The first-order valence-electron chi connectivity index (χ1n) is 5.41. The van der Waals surface area contributed by atoms with E-state index in [1.165, 1.54) is 12.1 Å². The monoisotopic (exact) mass is 256 g/mol. The van der Waals surface area contributed by atoms with Crippen LogP contribution in [0.15, 0.2) is 18.2 Å². The molecule has 6 heteroatoms. The summed E-state index contributed by atoms with van der Waals surface area (Å²) >= 11 is 0. The van der Waals surface area contributed by atoms with Gasteiger partial charge in [0.1, 0.15) is 0 Å². The van der Waals surface area contributed by atoms with Gasteiger partial charge in [0.25, 0.3) is 0 Å². The number of hydrogen-bond acceptors (Lipinski definition) is 3. The summed E-state index contributed by atoms with van der Waals surface area (Å²) in [4.78, 5) is 0. The van der Waals surface area contributed by atoms with E-state index in [4.69, 9.17) is 10.4 Å². The van der Waals surface area contributed by atoms with Crippen LogP contribution in [0.3, 0.4) is 0 Å². The topological polar surface area (TPSA) is 56.0 Å². The second-order valence-electron chi connectivity index (χ2n) is 4.43. The SMILES string of the molecule is N#Cc1ccc(NC2(CO)CC2)cc1C(F)(F)F. The maximum atomic E-state index is 12.7. The predicted molar refractivity (Wildman–Crippen MR) is 58.8 cm³/mol. The molecule has 0 bridgehead atoms. The fraction of sp³-hybridized carbons (Fsp3) is 0.417. The van der Waals surface area contributed by atoms with E-state index in [-0.39, 0.29) is 12.3 Å². The zero-order valence-corrected chi connectivity index (χ0v) is 9.38. The summed E-state index contributed by atoms with van der Waals surface area (Å²) in [5.41, 5.74) is -1.57. The number of anilines is 1. The third-order valence-corrected chi connectivity index (χ3v) is 3.01. The normalized spacial score (nSPS) is 17.1. The number of benzene rings is 1. The predicted octanol–water partition coefficient (Wildman–Crippen LogP) is 2.51. The van der Waals surface area contributed by atoms with Crippen LogP contribution in [0.1, 0.15) is 24.0 Å². The Hall–Kier alpha value is -1.74. The molecule has 2 rings (SSSR count). The number of hydrogen-bond donors (Lipinski definition) is 2. The number of nitrogens with one attached hydrogen (secondary N) is 1.